The Morgan fingerprint density at radius 1 is 1.24 bits per heavy atom. The smallest absolute Gasteiger partial charge is 0.306 e. The lowest BCUT2D eigenvalue weighted by atomic mass is 9.91. The Balaban J connectivity index is 1.72. The van der Waals surface area contributed by atoms with Crippen LogP contribution in [0.2, 0.25) is 0 Å². The van der Waals surface area contributed by atoms with Crippen LogP contribution in [-0.4, -0.2) is 43.4 Å². The zero-order chi connectivity index (χ0) is 26.6. The van der Waals surface area contributed by atoms with Gasteiger partial charge in [-0.05, 0) is 54.7 Å². The van der Waals surface area contributed by atoms with Crippen LogP contribution in [0.5, 0.6) is 5.75 Å². The second-order valence-corrected chi connectivity index (χ2v) is 12.4. The minimum absolute atomic E-state index is 0.0941. The summed E-state index contributed by atoms with van der Waals surface area (Å²) in [5, 5.41) is 0. The van der Waals surface area contributed by atoms with E-state index in [4.69, 9.17) is 9.47 Å². The molecule has 1 aromatic carbocycles. The minimum Gasteiger partial charge on any atom is -0.488 e. The lowest BCUT2D eigenvalue weighted by molar-refractivity contribution is -0.140. The third-order valence-electron chi connectivity index (χ3n) is 6.77. The lowest BCUT2D eigenvalue weighted by Crippen LogP contribution is -2.36. The maximum Gasteiger partial charge on any atom is 0.306 e. The van der Waals surface area contributed by atoms with E-state index in [1.54, 1.807) is 23.6 Å². The monoisotopic (exact) mass is 542 g/mol. The number of carbonyl (C=O) groups is 1. The Labute approximate surface area is 223 Å². The van der Waals surface area contributed by atoms with Crippen molar-refractivity contribution in [2.75, 3.05) is 13.7 Å². The number of pyridine rings is 1. The van der Waals surface area contributed by atoms with Gasteiger partial charge in [-0.15, -0.1) is 11.3 Å². The zero-order valence-corrected chi connectivity index (χ0v) is 23.4. The maximum atomic E-state index is 13.7. The van der Waals surface area contributed by atoms with Crippen molar-refractivity contribution >= 4 is 27.3 Å². The molecule has 7 nitrogen and oxygen atoms in total. The standard InChI is InChI=1S/C28H34N2O5S2/c1-5-7-22-18-30(37(32,33)27-16-29-13-12-25(27)35-22)17-21-14-20(9-8-19(21)3)24(15-28(31)34-4)26-11-10-23(6-2)36-26/h8-14,16,22,24H,5-7,15,17-18H2,1-4H3/t22-,24?/m1/s1. The second kappa shape index (κ2) is 11.8. The van der Waals surface area contributed by atoms with Crippen LogP contribution >= 0.6 is 11.3 Å². The second-order valence-electron chi connectivity index (χ2n) is 9.32. The van der Waals surface area contributed by atoms with Gasteiger partial charge < -0.3 is 9.47 Å². The molecular formula is C28H34N2O5S2. The van der Waals surface area contributed by atoms with Gasteiger partial charge in [0.25, 0.3) is 0 Å². The van der Waals surface area contributed by atoms with Crippen LogP contribution in [0.4, 0.5) is 0 Å². The van der Waals surface area contributed by atoms with Crippen molar-refractivity contribution in [3.63, 3.8) is 0 Å². The van der Waals surface area contributed by atoms with E-state index in [1.165, 1.54) is 22.5 Å². The number of fused-ring (bicyclic) bond motifs is 1. The van der Waals surface area contributed by atoms with E-state index >= 15 is 0 Å². The number of carbonyl (C=O) groups excluding carboxylic acids is 1. The number of aromatic nitrogens is 1. The average molecular weight is 543 g/mol. The minimum atomic E-state index is -3.82. The van der Waals surface area contributed by atoms with Crippen molar-refractivity contribution in [1.29, 1.82) is 0 Å². The van der Waals surface area contributed by atoms with Gasteiger partial charge in [0.15, 0.2) is 0 Å². The number of hydrogen-bond acceptors (Lipinski definition) is 7. The number of ether oxygens (including phenoxy) is 2. The molecule has 0 radical (unpaired) electrons. The van der Waals surface area contributed by atoms with Crippen molar-refractivity contribution in [3.05, 3.63) is 75.2 Å². The predicted molar refractivity (Wildman–Crippen MR) is 145 cm³/mol. The molecular weight excluding hydrogens is 508 g/mol. The number of rotatable bonds is 9. The first-order valence-electron chi connectivity index (χ1n) is 12.6. The molecule has 3 aromatic rings. The number of esters is 1. The van der Waals surface area contributed by atoms with Gasteiger partial charge in [-0.3, -0.25) is 9.78 Å². The molecule has 1 unspecified atom stereocenters. The Kier molecular flexibility index (Phi) is 8.67. The van der Waals surface area contributed by atoms with Gasteiger partial charge in [-0.2, -0.15) is 4.31 Å². The molecule has 0 saturated carbocycles. The normalized spacial score (nSPS) is 17.9. The number of benzene rings is 1. The molecule has 0 aliphatic carbocycles. The maximum absolute atomic E-state index is 13.7. The molecule has 4 rings (SSSR count). The fourth-order valence-electron chi connectivity index (χ4n) is 4.63. The van der Waals surface area contributed by atoms with Crippen molar-refractivity contribution in [2.45, 2.75) is 69.9 Å². The molecule has 0 bridgehead atoms. The van der Waals surface area contributed by atoms with Gasteiger partial charge in [-0.25, -0.2) is 8.42 Å². The Bertz CT molecular complexity index is 1350. The van der Waals surface area contributed by atoms with Gasteiger partial charge in [0, 0.05) is 28.4 Å². The van der Waals surface area contributed by atoms with E-state index in [9.17, 15) is 13.2 Å². The number of aryl methyl sites for hydroxylation is 2. The summed E-state index contributed by atoms with van der Waals surface area (Å²) in [6.45, 7) is 6.61. The first-order valence-corrected chi connectivity index (χ1v) is 14.9. The van der Waals surface area contributed by atoms with Gasteiger partial charge in [-0.1, -0.05) is 38.5 Å². The summed E-state index contributed by atoms with van der Waals surface area (Å²) in [4.78, 5) is 18.8. The van der Waals surface area contributed by atoms with Crippen LogP contribution in [0, 0.1) is 6.92 Å². The van der Waals surface area contributed by atoms with Crippen molar-refractivity contribution < 1.29 is 22.7 Å². The molecule has 2 aromatic heterocycles. The van der Waals surface area contributed by atoms with Crippen LogP contribution in [0.25, 0.3) is 0 Å². The molecule has 2 atom stereocenters. The topological polar surface area (TPSA) is 85.8 Å². The highest BCUT2D eigenvalue weighted by molar-refractivity contribution is 7.89. The molecule has 0 amide bonds. The van der Waals surface area contributed by atoms with E-state index in [2.05, 4.69) is 31.0 Å². The molecule has 0 fully saturated rings. The fraction of sp³-hybridized carbons (Fsp3) is 0.429. The first-order chi connectivity index (χ1) is 17.8. The van der Waals surface area contributed by atoms with Crippen LogP contribution < -0.4 is 4.74 Å². The SMILES string of the molecule is CCC[C@@H]1CN(Cc2cc(C(CC(=O)OC)c3ccc(CC)s3)ccc2C)S(=O)(=O)c2cnccc2O1. The number of thiophene rings is 1. The predicted octanol–water partition coefficient (Wildman–Crippen LogP) is 5.46. The largest absolute Gasteiger partial charge is 0.488 e. The van der Waals surface area contributed by atoms with Crippen molar-refractivity contribution in [3.8, 4) is 5.75 Å². The first kappa shape index (κ1) is 27.3. The summed E-state index contributed by atoms with van der Waals surface area (Å²) in [7, 11) is -2.42. The van der Waals surface area contributed by atoms with Gasteiger partial charge in [0.1, 0.15) is 16.7 Å². The van der Waals surface area contributed by atoms with Gasteiger partial charge >= 0.3 is 5.97 Å². The zero-order valence-electron chi connectivity index (χ0n) is 21.8. The summed E-state index contributed by atoms with van der Waals surface area (Å²) in [6.07, 6.45) is 5.43. The molecule has 37 heavy (non-hydrogen) atoms. The van der Waals surface area contributed by atoms with E-state index in [0.29, 0.717) is 5.75 Å². The molecule has 0 saturated heterocycles. The molecule has 3 heterocycles. The van der Waals surface area contributed by atoms with Crippen molar-refractivity contribution in [2.24, 2.45) is 0 Å². The quantitative estimate of drug-likeness (QED) is 0.334. The van der Waals surface area contributed by atoms with Gasteiger partial charge in [0.05, 0.1) is 26.3 Å². The molecule has 0 spiro atoms. The third-order valence-corrected chi connectivity index (χ3v) is 9.93. The van der Waals surface area contributed by atoms with Crippen LogP contribution in [0.1, 0.15) is 65.5 Å². The molecule has 198 valence electrons. The molecule has 1 aliphatic rings. The number of methoxy groups -OCH3 is 1. The molecule has 0 N–H and O–H groups in total. The number of hydrogen-bond donors (Lipinski definition) is 0. The lowest BCUT2D eigenvalue weighted by Gasteiger charge is -2.24. The van der Waals surface area contributed by atoms with Crippen LogP contribution in [-0.2, 0) is 32.5 Å². The fourth-order valence-corrected chi connectivity index (χ4v) is 7.23. The third kappa shape index (κ3) is 6.05. The highest BCUT2D eigenvalue weighted by Gasteiger charge is 2.35. The summed E-state index contributed by atoms with van der Waals surface area (Å²) < 4.78 is 40.0. The average Bonchev–Trinajstić information content (AvgIpc) is 3.33. The summed E-state index contributed by atoms with van der Waals surface area (Å²) in [5.41, 5.74) is 2.84. The van der Waals surface area contributed by atoms with Crippen LogP contribution in [0.3, 0.4) is 0 Å². The van der Waals surface area contributed by atoms with E-state index in [0.717, 1.165) is 40.8 Å². The number of sulfonamides is 1. The Morgan fingerprint density at radius 2 is 2.05 bits per heavy atom. The Hall–Kier alpha value is -2.75. The van der Waals surface area contributed by atoms with E-state index < -0.39 is 10.0 Å². The highest BCUT2D eigenvalue weighted by atomic mass is 32.2. The van der Waals surface area contributed by atoms with Gasteiger partial charge in [0.2, 0.25) is 10.0 Å². The summed E-state index contributed by atoms with van der Waals surface area (Å²) >= 11 is 1.70. The Morgan fingerprint density at radius 3 is 2.76 bits per heavy atom. The summed E-state index contributed by atoms with van der Waals surface area (Å²) in [5.74, 6) is -0.0970. The summed E-state index contributed by atoms with van der Waals surface area (Å²) in [6, 6.07) is 11.9. The van der Waals surface area contributed by atoms with E-state index in [1.807, 2.05) is 25.1 Å². The highest BCUT2D eigenvalue weighted by Crippen LogP contribution is 2.36. The number of nitrogens with zero attached hydrogens (tertiary/aromatic N) is 2. The van der Waals surface area contributed by atoms with Crippen LogP contribution in [0.15, 0.2) is 53.7 Å². The van der Waals surface area contributed by atoms with E-state index in [-0.39, 0.29) is 42.4 Å². The van der Waals surface area contributed by atoms with Crippen molar-refractivity contribution in [1.82, 2.24) is 9.29 Å². The molecule has 9 heteroatoms. The molecule has 1 aliphatic heterocycles.